The Bertz CT molecular complexity index is 1210. The summed E-state index contributed by atoms with van der Waals surface area (Å²) < 4.78 is 0. The van der Waals surface area contributed by atoms with E-state index >= 15 is 0 Å². The van der Waals surface area contributed by atoms with Gasteiger partial charge in [-0.1, -0.05) is 24.3 Å². The summed E-state index contributed by atoms with van der Waals surface area (Å²) in [6, 6.07) is 17.9. The summed E-state index contributed by atoms with van der Waals surface area (Å²) >= 11 is 0. The van der Waals surface area contributed by atoms with Crippen molar-refractivity contribution in [1.29, 1.82) is 0 Å². The molecule has 162 valence electrons. The van der Waals surface area contributed by atoms with Gasteiger partial charge in [0.1, 0.15) is 0 Å². The number of carbonyl (C=O) groups excluding carboxylic acids is 1. The van der Waals surface area contributed by atoms with Crippen LogP contribution in [-0.4, -0.2) is 64.1 Å². The molecule has 1 aliphatic heterocycles. The molecule has 5 rings (SSSR count). The molecule has 0 radical (unpaired) electrons. The first kappa shape index (κ1) is 20.4. The highest BCUT2D eigenvalue weighted by Crippen LogP contribution is 2.25. The van der Waals surface area contributed by atoms with Gasteiger partial charge in [0.2, 0.25) is 0 Å². The van der Waals surface area contributed by atoms with E-state index in [4.69, 9.17) is 0 Å². The van der Waals surface area contributed by atoms with Crippen LogP contribution in [0, 0.1) is 0 Å². The zero-order valence-corrected chi connectivity index (χ0v) is 18.1. The number of H-pyrrole nitrogens is 1. The number of benzene rings is 2. The number of amides is 1. The maximum absolute atomic E-state index is 13.0. The molecule has 32 heavy (non-hydrogen) atoms. The molecule has 1 fully saturated rings. The van der Waals surface area contributed by atoms with Gasteiger partial charge in [-0.25, -0.2) is 0 Å². The molecule has 0 saturated carbocycles. The number of piperazine rings is 1. The van der Waals surface area contributed by atoms with Crippen molar-refractivity contribution < 1.29 is 4.79 Å². The summed E-state index contributed by atoms with van der Waals surface area (Å²) in [5.74, 6) is -0.230. The quantitative estimate of drug-likeness (QED) is 0.510. The number of pyridine rings is 1. The number of aromatic amines is 1. The second-order valence-corrected chi connectivity index (χ2v) is 8.30. The van der Waals surface area contributed by atoms with Gasteiger partial charge in [0.05, 0.1) is 5.52 Å². The summed E-state index contributed by atoms with van der Waals surface area (Å²) in [6.07, 6.45) is 3.56. The van der Waals surface area contributed by atoms with Crippen LogP contribution in [0.25, 0.3) is 22.0 Å². The van der Waals surface area contributed by atoms with E-state index in [2.05, 4.69) is 49.5 Å². The van der Waals surface area contributed by atoms with Gasteiger partial charge in [-0.2, -0.15) is 5.10 Å². The van der Waals surface area contributed by atoms with E-state index in [1.54, 1.807) is 6.20 Å². The lowest BCUT2D eigenvalue weighted by molar-refractivity contribution is 0.102. The number of rotatable bonds is 5. The van der Waals surface area contributed by atoms with E-state index in [1.807, 2.05) is 48.7 Å². The van der Waals surface area contributed by atoms with Gasteiger partial charge in [0.25, 0.3) is 5.91 Å². The lowest BCUT2D eigenvalue weighted by Gasteiger charge is -2.32. The first-order valence-electron chi connectivity index (χ1n) is 10.9. The van der Waals surface area contributed by atoms with E-state index in [1.165, 1.54) is 5.56 Å². The van der Waals surface area contributed by atoms with Crippen molar-refractivity contribution in [2.24, 2.45) is 0 Å². The number of likely N-dealkylation sites (N-methyl/N-ethyl adjacent to an activating group) is 1. The van der Waals surface area contributed by atoms with Crippen LogP contribution in [0.3, 0.4) is 0 Å². The summed E-state index contributed by atoms with van der Waals surface area (Å²) in [5.41, 5.74) is 5.21. The summed E-state index contributed by atoms with van der Waals surface area (Å²) in [5, 5.41) is 11.0. The Labute approximate surface area is 187 Å². The lowest BCUT2D eigenvalue weighted by atomic mass is 10.0. The molecule has 0 atom stereocenters. The molecule has 1 amide bonds. The van der Waals surface area contributed by atoms with Gasteiger partial charge in [-0.15, -0.1) is 0 Å². The number of aromatic nitrogens is 3. The van der Waals surface area contributed by atoms with Crippen molar-refractivity contribution >= 4 is 22.5 Å². The number of hydrogen-bond acceptors (Lipinski definition) is 5. The van der Waals surface area contributed by atoms with Crippen molar-refractivity contribution in [2.45, 2.75) is 6.54 Å². The van der Waals surface area contributed by atoms with E-state index in [0.717, 1.165) is 60.4 Å². The molecule has 0 bridgehead atoms. The van der Waals surface area contributed by atoms with Gasteiger partial charge in [-0.3, -0.25) is 19.8 Å². The Hall–Kier alpha value is -3.55. The third-order valence-electron chi connectivity index (χ3n) is 5.99. The van der Waals surface area contributed by atoms with Crippen LogP contribution >= 0.6 is 0 Å². The molecule has 3 heterocycles. The number of fused-ring (bicyclic) bond motifs is 1. The second kappa shape index (κ2) is 8.90. The molecule has 2 aromatic heterocycles. The highest BCUT2D eigenvalue weighted by Gasteiger charge is 2.16. The van der Waals surface area contributed by atoms with E-state index < -0.39 is 0 Å². The SMILES string of the molecule is CN1CCN(Cc2ccc(NC(=O)c3n[nH]c4ccc(-c5cccnc5)cc34)cc2)CC1. The van der Waals surface area contributed by atoms with Crippen LogP contribution in [0.1, 0.15) is 16.1 Å². The number of hydrogen-bond donors (Lipinski definition) is 2. The summed E-state index contributed by atoms with van der Waals surface area (Å²) in [4.78, 5) is 21.9. The van der Waals surface area contributed by atoms with E-state index in [9.17, 15) is 4.79 Å². The molecule has 2 aromatic carbocycles. The molecule has 4 aromatic rings. The van der Waals surface area contributed by atoms with E-state index in [-0.39, 0.29) is 5.91 Å². The Morgan fingerprint density at radius 2 is 1.84 bits per heavy atom. The minimum absolute atomic E-state index is 0.230. The number of anilines is 1. The first-order valence-corrected chi connectivity index (χ1v) is 10.9. The van der Waals surface area contributed by atoms with Crippen LogP contribution in [-0.2, 0) is 6.54 Å². The van der Waals surface area contributed by atoms with Gasteiger partial charge >= 0.3 is 0 Å². The highest BCUT2D eigenvalue weighted by molar-refractivity contribution is 6.11. The highest BCUT2D eigenvalue weighted by atomic mass is 16.1. The van der Waals surface area contributed by atoms with Gasteiger partial charge in [-0.05, 0) is 48.5 Å². The number of carbonyl (C=O) groups is 1. The molecule has 1 saturated heterocycles. The standard InChI is InChI=1S/C25H26N6O/c1-30-11-13-31(14-12-30)17-18-4-7-21(8-5-18)27-25(32)24-22-15-19(6-9-23(22)28-29-24)20-3-2-10-26-16-20/h2-10,15-16H,11-14,17H2,1H3,(H,27,32)(H,28,29). The molecule has 7 heteroatoms. The molecule has 0 aliphatic carbocycles. The van der Waals surface area contributed by atoms with Crippen LogP contribution in [0.15, 0.2) is 67.0 Å². The smallest absolute Gasteiger partial charge is 0.276 e. The second-order valence-electron chi connectivity index (χ2n) is 8.30. The molecule has 7 nitrogen and oxygen atoms in total. The number of nitrogens with zero attached hydrogens (tertiary/aromatic N) is 4. The molecule has 0 spiro atoms. The van der Waals surface area contributed by atoms with Crippen LogP contribution in [0.2, 0.25) is 0 Å². The molecule has 0 unspecified atom stereocenters. The largest absolute Gasteiger partial charge is 0.321 e. The van der Waals surface area contributed by atoms with Crippen molar-refractivity contribution in [1.82, 2.24) is 25.0 Å². The van der Waals surface area contributed by atoms with Crippen LogP contribution in [0.5, 0.6) is 0 Å². The zero-order chi connectivity index (χ0) is 21.9. The zero-order valence-electron chi connectivity index (χ0n) is 18.1. The maximum atomic E-state index is 13.0. The third-order valence-corrected chi connectivity index (χ3v) is 5.99. The maximum Gasteiger partial charge on any atom is 0.276 e. The average Bonchev–Trinajstić information content (AvgIpc) is 3.26. The minimum atomic E-state index is -0.230. The predicted molar refractivity (Wildman–Crippen MR) is 126 cm³/mol. The Morgan fingerprint density at radius 1 is 1.03 bits per heavy atom. The van der Waals surface area contributed by atoms with E-state index in [0.29, 0.717) is 5.69 Å². The van der Waals surface area contributed by atoms with Crippen molar-refractivity contribution in [2.75, 3.05) is 38.5 Å². The molecular formula is C25H26N6O. The van der Waals surface area contributed by atoms with Crippen molar-refractivity contribution in [3.8, 4) is 11.1 Å². The third kappa shape index (κ3) is 4.39. The Morgan fingerprint density at radius 3 is 2.59 bits per heavy atom. The van der Waals surface area contributed by atoms with Crippen molar-refractivity contribution in [3.63, 3.8) is 0 Å². The normalized spacial score (nSPS) is 15.2. The monoisotopic (exact) mass is 426 g/mol. The number of nitrogens with one attached hydrogen (secondary N) is 2. The molecule has 2 N–H and O–H groups in total. The first-order chi connectivity index (χ1) is 15.7. The summed E-state index contributed by atoms with van der Waals surface area (Å²) in [7, 11) is 2.16. The fraction of sp³-hybridized carbons (Fsp3) is 0.240. The molecular weight excluding hydrogens is 400 g/mol. The Balaban J connectivity index is 1.29. The van der Waals surface area contributed by atoms with Gasteiger partial charge < -0.3 is 10.2 Å². The predicted octanol–water partition coefficient (Wildman–Crippen LogP) is 3.62. The fourth-order valence-corrected chi connectivity index (χ4v) is 4.05. The van der Waals surface area contributed by atoms with Gasteiger partial charge in [0.15, 0.2) is 5.69 Å². The fourth-order valence-electron chi connectivity index (χ4n) is 4.05. The van der Waals surface area contributed by atoms with Crippen LogP contribution < -0.4 is 5.32 Å². The molecule has 1 aliphatic rings. The average molecular weight is 427 g/mol. The van der Waals surface area contributed by atoms with Gasteiger partial charge in [0, 0.05) is 61.8 Å². The van der Waals surface area contributed by atoms with Crippen LogP contribution in [0.4, 0.5) is 5.69 Å². The van der Waals surface area contributed by atoms with Crippen molar-refractivity contribution in [3.05, 3.63) is 78.2 Å². The summed E-state index contributed by atoms with van der Waals surface area (Å²) in [6.45, 7) is 5.32. The Kier molecular flexibility index (Phi) is 5.66. The topological polar surface area (TPSA) is 77.1 Å². The minimum Gasteiger partial charge on any atom is -0.321 e. The lowest BCUT2D eigenvalue weighted by Crippen LogP contribution is -2.43.